The number of nitrogens with zero attached hydrogens (tertiary/aromatic N) is 1. The van der Waals surface area contributed by atoms with E-state index in [1.54, 1.807) is 13.0 Å². The summed E-state index contributed by atoms with van der Waals surface area (Å²) in [5.41, 5.74) is 2.52. The first-order chi connectivity index (χ1) is 13.5. The molecule has 1 aliphatic carbocycles. The third-order valence-electron chi connectivity index (χ3n) is 5.23. The van der Waals surface area contributed by atoms with Gasteiger partial charge in [-0.15, -0.1) is 0 Å². The normalized spacial score (nSPS) is 19.2. The van der Waals surface area contributed by atoms with Crippen molar-refractivity contribution in [2.45, 2.75) is 57.9 Å². The van der Waals surface area contributed by atoms with Gasteiger partial charge in [-0.1, -0.05) is 30.7 Å². The van der Waals surface area contributed by atoms with Crippen LogP contribution in [0.15, 0.2) is 24.3 Å². The number of hydrogen-bond acceptors (Lipinski definition) is 4. The van der Waals surface area contributed by atoms with Crippen LogP contribution in [0.1, 0.15) is 77.7 Å². The highest BCUT2D eigenvalue weighted by molar-refractivity contribution is 6.30. The van der Waals surface area contributed by atoms with E-state index in [0.29, 0.717) is 29.7 Å². The third kappa shape index (κ3) is 4.73. The zero-order chi connectivity index (χ0) is 20.1. The average Bonchev–Trinajstić information content (AvgIpc) is 3.10. The smallest absolute Gasteiger partial charge is 0.338 e. The molecular weight excluding hydrogens is 378 g/mol. The molecule has 0 bridgehead atoms. The van der Waals surface area contributed by atoms with Crippen molar-refractivity contribution in [2.75, 3.05) is 6.61 Å². The number of imidazole rings is 1. The number of esters is 1. The Hall–Kier alpha value is -2.34. The van der Waals surface area contributed by atoms with Crippen LogP contribution in [0.4, 0.5) is 0 Å². The van der Waals surface area contributed by atoms with Crippen LogP contribution in [0.5, 0.6) is 0 Å². The van der Waals surface area contributed by atoms with E-state index in [9.17, 15) is 9.59 Å². The van der Waals surface area contributed by atoms with Crippen molar-refractivity contribution in [2.24, 2.45) is 0 Å². The molecule has 7 heteroatoms. The van der Waals surface area contributed by atoms with Gasteiger partial charge in [-0.3, -0.25) is 4.79 Å². The van der Waals surface area contributed by atoms with Gasteiger partial charge in [0.05, 0.1) is 17.9 Å². The van der Waals surface area contributed by atoms with Crippen LogP contribution in [0, 0.1) is 0 Å². The molecule has 1 aromatic heterocycles. The number of amides is 1. The monoisotopic (exact) mass is 403 g/mol. The van der Waals surface area contributed by atoms with Crippen LogP contribution in [-0.4, -0.2) is 34.5 Å². The summed E-state index contributed by atoms with van der Waals surface area (Å²) in [5.74, 6) is 0.154. The van der Waals surface area contributed by atoms with Crippen LogP contribution < -0.4 is 5.32 Å². The van der Waals surface area contributed by atoms with Gasteiger partial charge in [0.2, 0.25) is 0 Å². The Morgan fingerprint density at radius 1 is 1.25 bits per heavy atom. The summed E-state index contributed by atoms with van der Waals surface area (Å²) in [4.78, 5) is 31.4. The predicted molar refractivity (Wildman–Crippen MR) is 108 cm³/mol. The average molecular weight is 404 g/mol. The Labute approximate surface area is 170 Å². The number of H-pyrrole nitrogens is 1. The lowest BCUT2D eigenvalue weighted by atomic mass is 9.81. The second kappa shape index (κ2) is 9.24. The Bertz CT molecular complexity index is 841. The highest BCUT2D eigenvalue weighted by Gasteiger charge is 2.25. The number of rotatable bonds is 6. The maximum atomic E-state index is 12.4. The van der Waals surface area contributed by atoms with Gasteiger partial charge in [0, 0.05) is 6.04 Å². The van der Waals surface area contributed by atoms with Crippen molar-refractivity contribution < 1.29 is 14.3 Å². The van der Waals surface area contributed by atoms with Crippen molar-refractivity contribution in [1.29, 1.82) is 0 Å². The summed E-state index contributed by atoms with van der Waals surface area (Å²) in [6.07, 6.45) is 4.38. The minimum atomic E-state index is -0.283. The molecule has 1 amide bonds. The van der Waals surface area contributed by atoms with E-state index in [4.69, 9.17) is 16.3 Å². The highest BCUT2D eigenvalue weighted by atomic mass is 35.5. The molecule has 1 aliphatic rings. The summed E-state index contributed by atoms with van der Waals surface area (Å²) in [6, 6.07) is 7.79. The molecule has 1 fully saturated rings. The van der Waals surface area contributed by atoms with Crippen molar-refractivity contribution in [1.82, 2.24) is 15.3 Å². The summed E-state index contributed by atoms with van der Waals surface area (Å²) < 4.78 is 5.09. The minimum absolute atomic E-state index is 0.117. The number of aromatic nitrogens is 2. The highest BCUT2D eigenvalue weighted by Crippen LogP contribution is 2.33. The molecule has 2 N–H and O–H groups in total. The van der Waals surface area contributed by atoms with E-state index in [1.807, 2.05) is 19.1 Å². The fourth-order valence-electron chi connectivity index (χ4n) is 3.69. The molecule has 0 unspecified atom stereocenters. The van der Waals surface area contributed by atoms with Crippen molar-refractivity contribution in [3.63, 3.8) is 0 Å². The van der Waals surface area contributed by atoms with Crippen LogP contribution in [0.3, 0.4) is 0 Å². The number of nitrogens with one attached hydrogen (secondary N) is 2. The molecule has 1 heterocycles. The molecule has 1 saturated carbocycles. The molecule has 0 atom stereocenters. The second-order valence-corrected chi connectivity index (χ2v) is 7.43. The van der Waals surface area contributed by atoms with E-state index >= 15 is 0 Å². The molecule has 28 heavy (non-hydrogen) atoms. The minimum Gasteiger partial charge on any atom is -0.462 e. The summed E-state index contributed by atoms with van der Waals surface area (Å²) in [6.45, 7) is 4.13. The molecule has 0 aliphatic heterocycles. The van der Waals surface area contributed by atoms with E-state index in [2.05, 4.69) is 21.4 Å². The van der Waals surface area contributed by atoms with Gasteiger partial charge in [-0.25, -0.2) is 9.78 Å². The molecule has 3 rings (SSSR count). The summed E-state index contributed by atoms with van der Waals surface area (Å²) >= 11 is 6.02. The lowest BCUT2D eigenvalue weighted by molar-refractivity contribution is 0.0526. The lowest BCUT2D eigenvalue weighted by Crippen LogP contribution is -2.37. The largest absolute Gasteiger partial charge is 0.462 e. The van der Waals surface area contributed by atoms with Gasteiger partial charge >= 0.3 is 5.97 Å². The van der Waals surface area contributed by atoms with Gasteiger partial charge < -0.3 is 15.0 Å². The van der Waals surface area contributed by atoms with Gasteiger partial charge in [-0.05, 0) is 62.6 Å². The third-order valence-corrected chi connectivity index (χ3v) is 5.54. The molecule has 150 valence electrons. The number of ether oxygens (including phenoxy) is 1. The fraction of sp³-hybridized carbons (Fsp3) is 0.476. The van der Waals surface area contributed by atoms with Crippen molar-refractivity contribution in [3.05, 3.63) is 52.1 Å². The zero-order valence-corrected chi connectivity index (χ0v) is 17.0. The number of hydrogen-bond donors (Lipinski definition) is 2. The maximum Gasteiger partial charge on any atom is 0.338 e. The van der Waals surface area contributed by atoms with Gasteiger partial charge in [0.15, 0.2) is 11.0 Å². The Morgan fingerprint density at radius 3 is 2.64 bits per heavy atom. The first-order valence-corrected chi connectivity index (χ1v) is 10.2. The topological polar surface area (TPSA) is 84.1 Å². The van der Waals surface area contributed by atoms with Crippen molar-refractivity contribution in [3.8, 4) is 0 Å². The van der Waals surface area contributed by atoms with E-state index < -0.39 is 0 Å². The lowest BCUT2D eigenvalue weighted by Gasteiger charge is -2.29. The van der Waals surface area contributed by atoms with Gasteiger partial charge in [0.1, 0.15) is 0 Å². The first-order valence-electron chi connectivity index (χ1n) is 9.84. The molecule has 0 spiro atoms. The number of benzene rings is 1. The molecular formula is C21H26ClN3O3. The van der Waals surface area contributed by atoms with Crippen LogP contribution in [0.25, 0.3) is 0 Å². The van der Waals surface area contributed by atoms with E-state index in [-0.39, 0.29) is 23.7 Å². The molecule has 0 radical (unpaired) electrons. The molecule has 1 aromatic carbocycles. The summed E-state index contributed by atoms with van der Waals surface area (Å²) in [7, 11) is 0. The number of aryl methyl sites for hydroxylation is 1. The quantitative estimate of drug-likeness (QED) is 0.706. The maximum absolute atomic E-state index is 12.4. The Kier molecular flexibility index (Phi) is 6.73. The van der Waals surface area contributed by atoms with Crippen LogP contribution in [0.2, 0.25) is 5.15 Å². The molecule has 6 nitrogen and oxygen atoms in total. The number of halogens is 1. The standard InChI is InChI=1S/C21H26ClN3O3/c1-3-17-18(22)25-19(24-17)20(26)23-16-10-8-13(9-11-16)14-6-5-7-15(12-14)21(27)28-4-2/h5-7,12-13,16H,3-4,8-11H2,1-2H3,(H,23,26)(H,24,25). The summed E-state index contributed by atoms with van der Waals surface area (Å²) in [5, 5.41) is 3.41. The Balaban J connectivity index is 1.56. The van der Waals surface area contributed by atoms with Crippen LogP contribution in [-0.2, 0) is 11.2 Å². The van der Waals surface area contributed by atoms with Crippen LogP contribution >= 0.6 is 11.6 Å². The first kappa shape index (κ1) is 20.4. The molecule has 0 saturated heterocycles. The number of aromatic amines is 1. The van der Waals surface area contributed by atoms with E-state index in [0.717, 1.165) is 36.9 Å². The number of carbonyl (C=O) groups is 2. The number of carbonyl (C=O) groups excluding carboxylic acids is 2. The second-order valence-electron chi connectivity index (χ2n) is 7.08. The van der Waals surface area contributed by atoms with Crippen molar-refractivity contribution >= 4 is 23.5 Å². The van der Waals surface area contributed by atoms with E-state index in [1.165, 1.54) is 0 Å². The molecule has 2 aromatic rings. The SMILES string of the molecule is CCOC(=O)c1cccc(C2CCC(NC(=O)c3nc(Cl)c(CC)[nH]3)CC2)c1. The zero-order valence-electron chi connectivity index (χ0n) is 16.3. The van der Waals surface area contributed by atoms with Gasteiger partial charge in [0.25, 0.3) is 5.91 Å². The fourth-order valence-corrected chi connectivity index (χ4v) is 3.95. The Morgan fingerprint density at radius 2 is 2.00 bits per heavy atom. The van der Waals surface area contributed by atoms with Gasteiger partial charge in [-0.2, -0.15) is 0 Å². The predicted octanol–water partition coefficient (Wildman–Crippen LogP) is 4.26.